The van der Waals surface area contributed by atoms with Gasteiger partial charge in [-0.05, 0) is 43.2 Å². The summed E-state index contributed by atoms with van der Waals surface area (Å²) in [4.78, 5) is 16.1. The van der Waals surface area contributed by atoms with Crippen LogP contribution in [0.25, 0.3) is 11.5 Å². The summed E-state index contributed by atoms with van der Waals surface area (Å²) in [5.41, 5.74) is 1.78. The summed E-state index contributed by atoms with van der Waals surface area (Å²) >= 11 is 0. The number of rotatable bonds is 5. The van der Waals surface area contributed by atoms with Crippen molar-refractivity contribution < 1.29 is 18.4 Å². The summed E-state index contributed by atoms with van der Waals surface area (Å²) < 4.78 is 23.1. The van der Waals surface area contributed by atoms with Crippen molar-refractivity contribution in [2.45, 2.75) is 25.4 Å². The summed E-state index contributed by atoms with van der Waals surface area (Å²) in [6.45, 7) is -0.130. The van der Waals surface area contributed by atoms with Crippen molar-refractivity contribution in [1.82, 2.24) is 20.3 Å². The van der Waals surface area contributed by atoms with Crippen LogP contribution in [0.5, 0.6) is 0 Å². The van der Waals surface area contributed by atoms with Gasteiger partial charge in [-0.15, -0.1) is 0 Å². The van der Waals surface area contributed by atoms with Crippen LogP contribution in [0.3, 0.4) is 0 Å². The summed E-state index contributed by atoms with van der Waals surface area (Å²) in [6, 6.07) is 7.37. The molecule has 2 aromatic heterocycles. The van der Waals surface area contributed by atoms with E-state index in [1.165, 1.54) is 24.3 Å². The van der Waals surface area contributed by atoms with Gasteiger partial charge in [0.05, 0.1) is 0 Å². The van der Waals surface area contributed by atoms with Crippen molar-refractivity contribution in [3.05, 3.63) is 53.4 Å². The highest BCUT2D eigenvalue weighted by Gasteiger charge is 2.26. The number of aromatic amines is 1. The van der Waals surface area contributed by atoms with E-state index in [1.54, 1.807) is 6.07 Å². The van der Waals surface area contributed by atoms with Gasteiger partial charge in [0.1, 0.15) is 5.82 Å². The Morgan fingerprint density at radius 3 is 2.88 bits per heavy atom. The number of ether oxygens (including phenoxy) is 1. The number of benzene rings is 1. The first-order valence-corrected chi connectivity index (χ1v) is 7.50. The first-order chi connectivity index (χ1) is 11.7. The third kappa shape index (κ3) is 3.03. The number of hydrogen-bond acceptors (Lipinski definition) is 6. The molecule has 0 unspecified atom stereocenters. The number of carbonyl (C=O) groups is 1. The highest BCUT2D eigenvalue weighted by atomic mass is 19.1. The number of hydrogen-bond donors (Lipinski definition) is 1. The maximum absolute atomic E-state index is 12.9. The molecule has 0 saturated heterocycles. The van der Waals surface area contributed by atoms with E-state index in [0.717, 1.165) is 18.5 Å². The largest absolute Gasteiger partial charge is 0.453 e. The van der Waals surface area contributed by atoms with Gasteiger partial charge in [-0.3, -0.25) is 5.10 Å². The topological polar surface area (TPSA) is 93.9 Å². The minimum atomic E-state index is -0.550. The summed E-state index contributed by atoms with van der Waals surface area (Å²) in [7, 11) is 0. The summed E-state index contributed by atoms with van der Waals surface area (Å²) in [5.74, 6) is 0.0373. The van der Waals surface area contributed by atoms with Gasteiger partial charge in [-0.1, -0.05) is 5.16 Å². The van der Waals surface area contributed by atoms with Gasteiger partial charge in [0.2, 0.25) is 5.82 Å². The second-order valence-corrected chi connectivity index (χ2v) is 5.58. The van der Waals surface area contributed by atoms with Crippen molar-refractivity contribution in [1.29, 1.82) is 0 Å². The first kappa shape index (κ1) is 14.6. The molecule has 24 heavy (non-hydrogen) atoms. The van der Waals surface area contributed by atoms with Gasteiger partial charge in [0.25, 0.3) is 5.89 Å². The van der Waals surface area contributed by atoms with Crippen molar-refractivity contribution in [2.24, 2.45) is 0 Å². The minimum Gasteiger partial charge on any atom is -0.453 e. The van der Waals surface area contributed by atoms with Crippen LogP contribution in [0.1, 0.15) is 40.8 Å². The average molecular weight is 328 g/mol. The molecule has 1 saturated carbocycles. The molecule has 1 aliphatic rings. The van der Waals surface area contributed by atoms with Gasteiger partial charge in [-0.25, -0.2) is 9.18 Å². The van der Waals surface area contributed by atoms with E-state index in [9.17, 15) is 9.18 Å². The molecule has 0 aliphatic heterocycles. The fraction of sp³-hybridized carbons (Fsp3) is 0.250. The van der Waals surface area contributed by atoms with Crippen LogP contribution >= 0.6 is 0 Å². The van der Waals surface area contributed by atoms with Crippen molar-refractivity contribution >= 4 is 5.97 Å². The molecule has 0 radical (unpaired) electrons. The number of aromatic nitrogens is 4. The lowest BCUT2D eigenvalue weighted by Gasteiger charge is -1.97. The molecule has 4 rings (SSSR count). The zero-order valence-corrected chi connectivity index (χ0v) is 12.5. The maximum Gasteiger partial charge on any atom is 0.359 e. The molecule has 7 nitrogen and oxygen atoms in total. The molecule has 1 aromatic carbocycles. The van der Waals surface area contributed by atoms with Crippen LogP contribution in [0.15, 0.2) is 34.9 Å². The van der Waals surface area contributed by atoms with Gasteiger partial charge in [-0.2, -0.15) is 10.1 Å². The standard InChI is InChI=1S/C16H13FN4O3/c17-11-5-3-10(4-6-11)15-18-14(21-24-15)8-23-16(22)13-7-12(19-20-13)9-1-2-9/h3-7,9H,1-2,8H2,(H,19,20). The second kappa shape index (κ2) is 5.88. The third-order valence-electron chi connectivity index (χ3n) is 3.72. The quantitative estimate of drug-likeness (QED) is 0.724. The fourth-order valence-corrected chi connectivity index (χ4v) is 2.27. The molecule has 1 N–H and O–H groups in total. The van der Waals surface area contributed by atoms with E-state index in [2.05, 4.69) is 20.3 Å². The lowest BCUT2D eigenvalue weighted by molar-refractivity contribution is 0.0452. The summed E-state index contributed by atoms with van der Waals surface area (Å²) in [5, 5.41) is 10.5. The smallest absolute Gasteiger partial charge is 0.359 e. The number of esters is 1. The molecule has 3 aromatic rings. The summed E-state index contributed by atoms with van der Waals surface area (Å²) in [6.07, 6.45) is 2.23. The van der Waals surface area contributed by atoms with Gasteiger partial charge >= 0.3 is 5.97 Å². The zero-order chi connectivity index (χ0) is 16.5. The van der Waals surface area contributed by atoms with Crippen LogP contribution < -0.4 is 0 Å². The number of nitrogens with one attached hydrogen (secondary N) is 1. The van der Waals surface area contributed by atoms with E-state index < -0.39 is 5.97 Å². The predicted molar refractivity (Wildman–Crippen MR) is 79.4 cm³/mol. The third-order valence-corrected chi connectivity index (χ3v) is 3.72. The highest BCUT2D eigenvalue weighted by molar-refractivity contribution is 5.87. The molecule has 1 fully saturated rings. The van der Waals surface area contributed by atoms with Crippen molar-refractivity contribution in [2.75, 3.05) is 0 Å². The van der Waals surface area contributed by atoms with Crippen LogP contribution in [0.4, 0.5) is 4.39 Å². The normalized spacial score (nSPS) is 13.9. The Bertz CT molecular complexity index is 868. The number of carbonyl (C=O) groups excluding carboxylic acids is 1. The molecular weight excluding hydrogens is 315 g/mol. The van der Waals surface area contributed by atoms with Gasteiger partial charge in [0.15, 0.2) is 12.3 Å². The van der Waals surface area contributed by atoms with E-state index in [4.69, 9.17) is 9.26 Å². The zero-order valence-electron chi connectivity index (χ0n) is 12.5. The van der Waals surface area contributed by atoms with Gasteiger partial charge < -0.3 is 9.26 Å². The molecule has 0 amide bonds. The maximum atomic E-state index is 12.9. The number of nitrogens with zero attached hydrogens (tertiary/aromatic N) is 3. The van der Waals surface area contributed by atoms with Crippen LogP contribution in [-0.2, 0) is 11.3 Å². The molecule has 8 heteroatoms. The molecule has 0 atom stereocenters. The Kier molecular flexibility index (Phi) is 3.56. The molecule has 2 heterocycles. The molecule has 1 aliphatic carbocycles. The molecular formula is C16H13FN4O3. The lowest BCUT2D eigenvalue weighted by Crippen LogP contribution is -2.06. The van der Waals surface area contributed by atoms with Crippen LogP contribution in [0.2, 0.25) is 0 Å². The Labute approximate surface area is 135 Å². The molecule has 0 bridgehead atoms. The monoisotopic (exact) mass is 328 g/mol. The van der Waals surface area contributed by atoms with Crippen molar-refractivity contribution in [3.63, 3.8) is 0 Å². The number of halogens is 1. The Hall–Kier alpha value is -3.03. The second-order valence-electron chi connectivity index (χ2n) is 5.58. The van der Waals surface area contributed by atoms with E-state index >= 15 is 0 Å². The molecule has 0 spiro atoms. The van der Waals surface area contributed by atoms with E-state index in [-0.39, 0.29) is 29.8 Å². The highest BCUT2D eigenvalue weighted by Crippen LogP contribution is 2.39. The predicted octanol–water partition coefficient (Wildman–Crippen LogP) is 2.83. The van der Waals surface area contributed by atoms with E-state index in [0.29, 0.717) is 11.5 Å². The number of H-pyrrole nitrogens is 1. The Morgan fingerprint density at radius 2 is 2.12 bits per heavy atom. The van der Waals surface area contributed by atoms with Gasteiger partial charge in [0, 0.05) is 17.2 Å². The van der Waals surface area contributed by atoms with Crippen molar-refractivity contribution in [3.8, 4) is 11.5 Å². The first-order valence-electron chi connectivity index (χ1n) is 7.50. The fourth-order valence-electron chi connectivity index (χ4n) is 2.27. The minimum absolute atomic E-state index is 0.130. The Morgan fingerprint density at radius 1 is 1.33 bits per heavy atom. The Balaban J connectivity index is 1.38. The van der Waals surface area contributed by atoms with E-state index in [1.807, 2.05) is 0 Å². The molecule has 122 valence electrons. The van der Waals surface area contributed by atoms with Crippen LogP contribution in [-0.4, -0.2) is 26.3 Å². The lowest BCUT2D eigenvalue weighted by atomic mass is 10.2. The van der Waals surface area contributed by atoms with Crippen LogP contribution in [0, 0.1) is 5.82 Å². The SMILES string of the molecule is O=C(OCc1noc(-c2ccc(F)cc2)n1)c1cc(C2CC2)[nH]n1. The average Bonchev–Trinajstić information content (AvgIpc) is 3.13.